The average molecular weight is 792 g/mol. The lowest BCUT2D eigenvalue weighted by Crippen LogP contribution is -2.43. The zero-order valence-electron chi connectivity index (χ0n) is 31.9. The Labute approximate surface area is 309 Å². The first kappa shape index (κ1) is 40.2. The van der Waals surface area contributed by atoms with Gasteiger partial charge in [-0.3, -0.25) is 4.79 Å². The summed E-state index contributed by atoms with van der Waals surface area (Å²) in [5.74, 6) is 0.814. The van der Waals surface area contributed by atoms with Crippen molar-refractivity contribution in [2.24, 2.45) is 0 Å². The summed E-state index contributed by atoms with van der Waals surface area (Å²) in [7, 11) is -2.57. The van der Waals surface area contributed by atoms with Crippen molar-refractivity contribution < 1.29 is 23.8 Å². The highest BCUT2D eigenvalue weighted by Gasteiger charge is 2.37. The molecule has 14 heteroatoms. The molecule has 2 unspecified atom stereocenters. The lowest BCUT2D eigenvalue weighted by atomic mass is 10.1. The fraction of sp³-hybridized carbons (Fsp3) is 0.667. The molecule has 0 aromatic carbocycles. The maximum Gasteiger partial charge on any atom is 0.410 e. The first-order valence-corrected chi connectivity index (χ1v) is 26.2. The number of carbonyl (C=O) groups is 2. The highest BCUT2D eigenvalue weighted by Crippen LogP contribution is 2.35. The molecule has 2 aliphatic heterocycles. The van der Waals surface area contributed by atoms with Crippen LogP contribution in [0.5, 0.6) is 0 Å². The number of allylic oxidation sites excluding steroid dienone is 3. The number of aldehydes is 1. The second kappa shape index (κ2) is 16.9. The molecule has 1 N–H and O–H groups in total. The largest absolute Gasteiger partial charge is 0.444 e. The number of anilines is 1. The number of carbonyl (C=O) groups excluding carboxylic acids is 2. The van der Waals surface area contributed by atoms with Crippen LogP contribution in [0.1, 0.15) is 58.2 Å². The van der Waals surface area contributed by atoms with E-state index >= 15 is 0 Å². The Morgan fingerprint density at radius 1 is 1.06 bits per heavy atom. The zero-order valence-corrected chi connectivity index (χ0v) is 35.5. The van der Waals surface area contributed by atoms with Crippen LogP contribution in [0, 0.1) is 0 Å². The summed E-state index contributed by atoms with van der Waals surface area (Å²) in [6, 6.07) is 2.28. The van der Waals surface area contributed by atoms with Gasteiger partial charge in [-0.25, -0.2) is 9.78 Å². The van der Waals surface area contributed by atoms with Gasteiger partial charge < -0.3 is 29.3 Å². The number of likely N-dealkylation sites (tertiary alicyclic amines) is 1. The Morgan fingerprint density at radius 2 is 1.70 bits per heavy atom. The molecule has 1 saturated heterocycles. The van der Waals surface area contributed by atoms with E-state index in [-0.39, 0.29) is 18.2 Å². The summed E-state index contributed by atoms with van der Waals surface area (Å²) in [6.45, 7) is 24.4. The Bertz CT molecular complexity index is 1540. The lowest BCUT2D eigenvalue weighted by Gasteiger charge is -2.31. The number of halogens is 1. The molecule has 11 nitrogen and oxygen atoms in total. The molecule has 4 rings (SSSR count). The van der Waals surface area contributed by atoms with Gasteiger partial charge in [-0.2, -0.15) is 9.61 Å². The van der Waals surface area contributed by atoms with E-state index in [1.807, 2.05) is 42.5 Å². The molecule has 2 aromatic heterocycles. The van der Waals surface area contributed by atoms with Crippen LogP contribution >= 0.6 is 15.9 Å². The predicted octanol–water partition coefficient (Wildman–Crippen LogP) is 7.71. The highest BCUT2D eigenvalue weighted by atomic mass is 79.9. The van der Waals surface area contributed by atoms with Gasteiger partial charge in [-0.05, 0) is 93.0 Å². The van der Waals surface area contributed by atoms with Gasteiger partial charge in [-0.15, -0.1) is 0 Å². The number of ether oxygens (including phenoxy) is 3. The number of dihydropyridines is 1. The monoisotopic (exact) mass is 790 g/mol. The lowest BCUT2D eigenvalue weighted by molar-refractivity contribution is -0.105. The average Bonchev–Trinajstić information content (AvgIpc) is 3.60. The van der Waals surface area contributed by atoms with E-state index in [0.29, 0.717) is 51.0 Å². The fourth-order valence-corrected chi connectivity index (χ4v) is 8.23. The summed E-state index contributed by atoms with van der Waals surface area (Å²) >= 11 is 3.97. The number of fused-ring (bicyclic) bond motifs is 1. The van der Waals surface area contributed by atoms with E-state index < -0.39 is 21.7 Å². The summed E-state index contributed by atoms with van der Waals surface area (Å²) in [4.78, 5) is 33.9. The number of nitrogens with one attached hydrogen (secondary N) is 1. The number of nitrogens with zero attached hydrogens (tertiary/aromatic N) is 5. The molecule has 0 aliphatic carbocycles. The maximum atomic E-state index is 13.3. The fourth-order valence-electron chi connectivity index (χ4n) is 6.01. The van der Waals surface area contributed by atoms with E-state index in [0.717, 1.165) is 64.8 Å². The van der Waals surface area contributed by atoms with Crippen molar-refractivity contribution >= 4 is 61.5 Å². The van der Waals surface area contributed by atoms with Crippen LogP contribution in [0.2, 0.25) is 51.4 Å². The molecular weight excluding hydrogens is 733 g/mol. The van der Waals surface area contributed by atoms with E-state index in [4.69, 9.17) is 24.3 Å². The molecule has 4 heterocycles. The topological polar surface area (TPSA) is 111 Å². The number of hydrogen-bond donors (Lipinski definition) is 1. The molecule has 0 bridgehead atoms. The van der Waals surface area contributed by atoms with Gasteiger partial charge >= 0.3 is 6.09 Å². The SMILES string of the molecule is CC1CCC(CCc2nc3c(C4=CC=C(C=O)NC4)cnn3c(N(COCC[Si](C)(C)C)COCC[Si](C)(C)C)c2Br)N1C(=O)OC(C)(C)C. The van der Waals surface area contributed by atoms with E-state index in [1.54, 1.807) is 6.08 Å². The van der Waals surface area contributed by atoms with Crippen molar-refractivity contribution in [3.8, 4) is 0 Å². The Kier molecular flexibility index (Phi) is 13.6. The molecule has 1 fully saturated rings. The van der Waals surface area contributed by atoms with Crippen molar-refractivity contribution in [2.75, 3.05) is 38.1 Å². The van der Waals surface area contributed by atoms with Gasteiger partial charge in [-0.1, -0.05) is 45.4 Å². The minimum Gasteiger partial charge on any atom is -0.444 e. The number of aryl methyl sites for hydroxylation is 1. The first-order chi connectivity index (χ1) is 23.4. The van der Waals surface area contributed by atoms with Crippen LogP contribution in [-0.4, -0.2) is 98.9 Å². The Balaban J connectivity index is 1.72. The molecule has 2 aliphatic rings. The van der Waals surface area contributed by atoms with Gasteiger partial charge in [0.15, 0.2) is 17.8 Å². The maximum absolute atomic E-state index is 13.3. The minimum atomic E-state index is -1.29. The smallest absolute Gasteiger partial charge is 0.410 e. The quantitative estimate of drug-likeness (QED) is 0.0792. The van der Waals surface area contributed by atoms with Gasteiger partial charge in [0.2, 0.25) is 0 Å². The molecule has 2 atom stereocenters. The van der Waals surface area contributed by atoms with Crippen molar-refractivity contribution in [1.29, 1.82) is 0 Å². The van der Waals surface area contributed by atoms with Gasteiger partial charge in [0, 0.05) is 53.6 Å². The van der Waals surface area contributed by atoms with Crippen molar-refractivity contribution in [1.82, 2.24) is 24.8 Å². The first-order valence-electron chi connectivity index (χ1n) is 17.9. The molecule has 0 spiro atoms. The van der Waals surface area contributed by atoms with Crippen LogP contribution in [0.4, 0.5) is 10.6 Å². The van der Waals surface area contributed by atoms with Gasteiger partial charge in [0.05, 0.1) is 22.1 Å². The summed E-state index contributed by atoms with van der Waals surface area (Å²) in [5, 5.41) is 8.05. The van der Waals surface area contributed by atoms with E-state index in [2.05, 4.69) is 72.4 Å². The normalized spacial score (nSPS) is 18.6. The number of aromatic nitrogens is 3. The van der Waals surface area contributed by atoms with Crippen molar-refractivity contribution in [3.05, 3.63) is 39.8 Å². The van der Waals surface area contributed by atoms with Crippen LogP contribution in [0.25, 0.3) is 11.2 Å². The van der Waals surface area contributed by atoms with Crippen LogP contribution in [-0.2, 0) is 25.4 Å². The molecule has 278 valence electrons. The van der Waals surface area contributed by atoms with Crippen LogP contribution < -0.4 is 10.2 Å². The van der Waals surface area contributed by atoms with Gasteiger partial charge in [0.25, 0.3) is 0 Å². The van der Waals surface area contributed by atoms with Crippen molar-refractivity contribution in [2.45, 2.75) is 122 Å². The molecule has 50 heavy (non-hydrogen) atoms. The summed E-state index contributed by atoms with van der Waals surface area (Å²) < 4.78 is 21.2. The summed E-state index contributed by atoms with van der Waals surface area (Å²) in [5.41, 5.74) is 3.45. The zero-order chi connectivity index (χ0) is 36.9. The third-order valence-corrected chi connectivity index (χ3v) is 13.2. The third kappa shape index (κ3) is 11.2. The van der Waals surface area contributed by atoms with Gasteiger partial charge in [0.1, 0.15) is 19.1 Å². The number of hydrogen-bond acceptors (Lipinski definition) is 9. The Morgan fingerprint density at radius 3 is 2.24 bits per heavy atom. The van der Waals surface area contributed by atoms with E-state index in [1.165, 1.54) is 0 Å². The Hall–Kier alpha value is -2.53. The number of rotatable bonds is 16. The molecule has 0 saturated carbocycles. The summed E-state index contributed by atoms with van der Waals surface area (Å²) in [6.07, 6.45) is 9.37. The van der Waals surface area contributed by atoms with Crippen LogP contribution in [0.3, 0.4) is 0 Å². The van der Waals surface area contributed by atoms with Crippen LogP contribution in [0.15, 0.2) is 28.5 Å². The van der Waals surface area contributed by atoms with Crippen molar-refractivity contribution in [3.63, 3.8) is 0 Å². The van der Waals surface area contributed by atoms with E-state index in [9.17, 15) is 9.59 Å². The standard InChI is InChI=1S/C36H59BrN6O5Si2/c1-26-11-14-29(42(26)35(45)48-36(2,3)4)15-16-31-32(37)34(41(24-46-17-19-49(5,6)7)25-47-18-20-50(8,9)10)43-33(40-31)30(22-39-43)27-12-13-28(23-44)38-21-27/h12-13,22-23,26,29,38H,11,14-21,24-25H2,1-10H3. The highest BCUT2D eigenvalue weighted by molar-refractivity contribution is 9.10. The third-order valence-electron chi connectivity index (χ3n) is 8.95. The second-order valence-electron chi connectivity index (χ2n) is 17.0. The minimum absolute atomic E-state index is 0.0423. The predicted molar refractivity (Wildman–Crippen MR) is 210 cm³/mol. The second-order valence-corrected chi connectivity index (χ2v) is 29.1. The molecule has 0 radical (unpaired) electrons. The number of amides is 1. The molecular formula is C36H59BrN6O5Si2. The molecule has 1 amide bonds. The molecule has 2 aromatic rings.